The summed E-state index contributed by atoms with van der Waals surface area (Å²) in [5, 5.41) is 0. The predicted octanol–water partition coefficient (Wildman–Crippen LogP) is 2.74. The molecule has 0 aliphatic carbocycles. The monoisotopic (exact) mass is 442 g/mol. The topological polar surface area (TPSA) is 0 Å². The van der Waals surface area contributed by atoms with Crippen molar-refractivity contribution in [2.45, 2.75) is 28.3 Å². The van der Waals surface area contributed by atoms with E-state index < -0.39 is 39.5 Å². The van der Waals surface area contributed by atoms with E-state index in [9.17, 15) is 0 Å². The van der Waals surface area contributed by atoms with Crippen molar-refractivity contribution >= 4 is 39.5 Å². The molecule has 0 aromatic heterocycles. The fraction of sp³-hybridized carbons (Fsp3) is 0.750. The first-order chi connectivity index (χ1) is 4.21. The third-order valence-corrected chi connectivity index (χ3v) is 9.49. The predicted molar refractivity (Wildman–Crippen MR) is 54.5 cm³/mol. The summed E-state index contributed by atoms with van der Waals surface area (Å²) in [5.74, 6) is 0. The molecule has 0 amide bonds. The minimum atomic E-state index is -1.84. The zero-order valence-electron chi connectivity index (χ0n) is 8.00. The van der Waals surface area contributed by atoms with Crippen LogP contribution in [-0.4, -0.2) is 39.5 Å². The Hall–Kier alpha value is 1.28. The summed E-state index contributed by atoms with van der Waals surface area (Å²) < 4.78 is 14.2. The Balaban J connectivity index is 4.19. The van der Waals surface area contributed by atoms with Gasteiger partial charge in [-0.05, 0) is 0 Å². The van der Waals surface area contributed by atoms with E-state index in [1.54, 1.807) is 0 Å². The van der Waals surface area contributed by atoms with Crippen molar-refractivity contribution in [1.29, 1.82) is 0 Å². The van der Waals surface area contributed by atoms with Crippen LogP contribution in [0.4, 0.5) is 0 Å². The van der Waals surface area contributed by atoms with Crippen molar-refractivity contribution in [3.8, 4) is 7.42 Å². The van der Waals surface area contributed by atoms with Crippen LogP contribution < -0.4 is 0 Å². The molecule has 0 radical (unpaired) electrons. The molecule has 0 N–H and O–H groups in total. The van der Waals surface area contributed by atoms with Crippen LogP contribution in [0.1, 0.15) is 0 Å². The Morgan fingerprint density at radius 2 is 1.40 bits per heavy atom. The second-order valence-corrected chi connectivity index (χ2v) is 36.8. The van der Waals surface area contributed by atoms with E-state index in [1.165, 1.54) is 0 Å². The van der Waals surface area contributed by atoms with E-state index in [2.05, 4.69) is 35.7 Å². The second kappa shape index (κ2) is 3.79. The standard InChI is InChI=1S/C2.6CH3.Pb.Sn/c1-2;;;;;;;;/h;6*1H3;;. The van der Waals surface area contributed by atoms with Crippen molar-refractivity contribution in [2.75, 3.05) is 0 Å². The van der Waals surface area contributed by atoms with Gasteiger partial charge in [0.2, 0.25) is 0 Å². The molecule has 0 aromatic carbocycles. The molecule has 0 heterocycles. The zero-order valence-corrected chi connectivity index (χ0v) is 14.7. The van der Waals surface area contributed by atoms with Gasteiger partial charge in [-0.15, -0.1) is 0 Å². The molecule has 58 valence electrons. The molecule has 0 bridgehead atoms. The fourth-order valence-corrected chi connectivity index (χ4v) is 22.1. The quantitative estimate of drug-likeness (QED) is 0.402. The number of hydrogen-bond acceptors (Lipinski definition) is 0. The van der Waals surface area contributed by atoms with Gasteiger partial charge < -0.3 is 0 Å². The van der Waals surface area contributed by atoms with E-state index in [0.29, 0.717) is 0 Å². The molecule has 0 aliphatic heterocycles. The SMILES string of the molecule is [CH3][Sn]([CH3])([CH3])[C]#[C][Pb]([CH3])([CH3])[CH3]. The van der Waals surface area contributed by atoms with E-state index >= 15 is 0 Å². The van der Waals surface area contributed by atoms with Crippen molar-refractivity contribution in [3.05, 3.63) is 0 Å². The van der Waals surface area contributed by atoms with Gasteiger partial charge in [0.25, 0.3) is 0 Å². The van der Waals surface area contributed by atoms with Gasteiger partial charge >= 0.3 is 75.2 Å². The Kier molecular flexibility index (Phi) is 4.28. The molecule has 0 unspecified atom stereocenters. The molecule has 0 nitrogen and oxygen atoms in total. The van der Waals surface area contributed by atoms with E-state index in [0.717, 1.165) is 0 Å². The zero-order chi connectivity index (χ0) is 8.41. The third-order valence-electron chi connectivity index (χ3n) is 0.812. The molecule has 0 aliphatic rings. The Morgan fingerprint density at radius 3 is 1.50 bits per heavy atom. The average Bonchev–Trinajstić information content (AvgIpc) is 1.57. The first kappa shape index (κ1) is 11.3. The van der Waals surface area contributed by atoms with Gasteiger partial charge in [0, 0.05) is 0 Å². The normalized spacial score (nSPS) is 12.2. The Bertz CT molecular complexity index is 142. The van der Waals surface area contributed by atoms with Crippen molar-refractivity contribution in [3.63, 3.8) is 0 Å². The molecular formula is C8H18PbSn. The van der Waals surface area contributed by atoms with Crippen LogP contribution in [0, 0.1) is 7.42 Å². The van der Waals surface area contributed by atoms with Gasteiger partial charge in [-0.1, -0.05) is 0 Å². The van der Waals surface area contributed by atoms with Gasteiger partial charge in [0.15, 0.2) is 0 Å². The molecule has 0 atom stereocenters. The van der Waals surface area contributed by atoms with Gasteiger partial charge in [0.1, 0.15) is 0 Å². The number of hydrogen-bond donors (Lipinski definition) is 0. The summed E-state index contributed by atoms with van der Waals surface area (Å²) in [5.41, 5.74) is 0. The first-order valence-electron chi connectivity index (χ1n) is 3.75. The summed E-state index contributed by atoms with van der Waals surface area (Å²) in [7, 11) is 0. The molecule has 0 saturated carbocycles. The van der Waals surface area contributed by atoms with E-state index in [4.69, 9.17) is 0 Å². The van der Waals surface area contributed by atoms with Crippen LogP contribution in [0.25, 0.3) is 0 Å². The van der Waals surface area contributed by atoms with Gasteiger partial charge in [0.05, 0.1) is 0 Å². The van der Waals surface area contributed by atoms with Crippen molar-refractivity contribution in [1.82, 2.24) is 0 Å². The molecular weight excluding hydrogens is 422 g/mol. The third kappa shape index (κ3) is 9.28. The molecule has 0 rings (SSSR count). The van der Waals surface area contributed by atoms with Gasteiger partial charge in [-0.2, -0.15) is 0 Å². The maximum atomic E-state index is 3.53. The molecule has 2 heteroatoms. The average molecular weight is 440 g/mol. The van der Waals surface area contributed by atoms with Crippen molar-refractivity contribution < 1.29 is 0 Å². The molecule has 10 heavy (non-hydrogen) atoms. The van der Waals surface area contributed by atoms with Crippen molar-refractivity contribution in [2.24, 2.45) is 0 Å². The number of rotatable bonds is 0. The van der Waals surface area contributed by atoms with Gasteiger partial charge in [-0.3, -0.25) is 0 Å². The second-order valence-electron chi connectivity index (χ2n) is 4.75. The van der Waals surface area contributed by atoms with Gasteiger partial charge in [-0.25, -0.2) is 0 Å². The van der Waals surface area contributed by atoms with Crippen LogP contribution in [0.15, 0.2) is 0 Å². The summed E-state index contributed by atoms with van der Waals surface area (Å²) in [6, 6.07) is 0. The van der Waals surface area contributed by atoms with E-state index in [-0.39, 0.29) is 0 Å². The van der Waals surface area contributed by atoms with Crippen LogP contribution in [0.5, 0.6) is 0 Å². The molecule has 0 fully saturated rings. The Labute approximate surface area is 74.3 Å². The molecule has 0 aromatic rings. The van der Waals surface area contributed by atoms with Crippen LogP contribution in [0.2, 0.25) is 28.3 Å². The fourth-order valence-electron chi connectivity index (χ4n) is 0.375. The Morgan fingerprint density at radius 1 is 1.00 bits per heavy atom. The summed E-state index contributed by atoms with van der Waals surface area (Å²) in [6.07, 6.45) is 0. The summed E-state index contributed by atoms with van der Waals surface area (Å²) in [4.78, 5) is 7.13. The van der Waals surface area contributed by atoms with Crippen LogP contribution in [0.3, 0.4) is 0 Å². The maximum absolute atomic E-state index is 3.53. The first-order valence-corrected chi connectivity index (χ1v) is 27.3. The summed E-state index contributed by atoms with van der Waals surface area (Å²) >= 11 is -3.57. The van der Waals surface area contributed by atoms with E-state index in [1.807, 2.05) is 0 Å². The summed E-state index contributed by atoms with van der Waals surface area (Å²) in [6.45, 7) is 0. The minimum absolute atomic E-state index is 1.72. The molecule has 0 spiro atoms. The van der Waals surface area contributed by atoms with Crippen LogP contribution >= 0.6 is 0 Å². The van der Waals surface area contributed by atoms with Crippen LogP contribution in [-0.2, 0) is 0 Å². The molecule has 0 saturated heterocycles.